The Morgan fingerprint density at radius 1 is 1.29 bits per heavy atom. The van der Waals surface area contributed by atoms with Gasteiger partial charge in [-0.2, -0.15) is 0 Å². The molecule has 0 saturated carbocycles. The highest BCUT2D eigenvalue weighted by Crippen LogP contribution is 2.04. The van der Waals surface area contributed by atoms with Crippen molar-refractivity contribution in [2.45, 2.75) is 25.8 Å². The lowest BCUT2D eigenvalue weighted by molar-refractivity contribution is -0.146. The maximum absolute atomic E-state index is 11.6. The molecule has 21 heavy (non-hydrogen) atoms. The van der Waals surface area contributed by atoms with E-state index in [9.17, 15) is 14.4 Å². The fourth-order valence-corrected chi connectivity index (χ4v) is 1.46. The number of carbonyl (C=O) groups is 3. The summed E-state index contributed by atoms with van der Waals surface area (Å²) in [6, 6.07) is -0.859. The Bertz CT molecular complexity index is 439. The summed E-state index contributed by atoms with van der Waals surface area (Å²) in [4.78, 5) is 34.0. The molecule has 0 fully saturated rings. The number of esters is 2. The second-order valence-corrected chi connectivity index (χ2v) is 4.16. The number of nitrogens with one attached hydrogen (secondary N) is 1. The SMILES string of the molecule is C=C/C=C(\C=C)COC(=O)CC[C@@H](NC(C)=O)C(=O)OC. The van der Waals surface area contributed by atoms with Crippen molar-refractivity contribution in [1.82, 2.24) is 5.32 Å². The van der Waals surface area contributed by atoms with Crippen molar-refractivity contribution < 1.29 is 23.9 Å². The Morgan fingerprint density at radius 3 is 2.43 bits per heavy atom. The van der Waals surface area contributed by atoms with Gasteiger partial charge in [0.25, 0.3) is 0 Å². The van der Waals surface area contributed by atoms with Crippen molar-refractivity contribution >= 4 is 17.8 Å². The molecule has 0 aliphatic rings. The van der Waals surface area contributed by atoms with Gasteiger partial charge in [-0.1, -0.05) is 31.4 Å². The minimum Gasteiger partial charge on any atom is -0.467 e. The largest absolute Gasteiger partial charge is 0.467 e. The molecule has 116 valence electrons. The van der Waals surface area contributed by atoms with Gasteiger partial charge in [-0.15, -0.1) is 0 Å². The number of amides is 1. The zero-order valence-corrected chi connectivity index (χ0v) is 12.4. The van der Waals surface area contributed by atoms with E-state index >= 15 is 0 Å². The van der Waals surface area contributed by atoms with E-state index in [-0.39, 0.29) is 25.4 Å². The van der Waals surface area contributed by atoms with Crippen LogP contribution in [0.4, 0.5) is 0 Å². The first-order chi connectivity index (χ1) is 9.94. The van der Waals surface area contributed by atoms with E-state index in [1.54, 1.807) is 18.2 Å². The Balaban J connectivity index is 4.33. The molecule has 0 saturated heterocycles. The lowest BCUT2D eigenvalue weighted by atomic mass is 10.1. The first-order valence-electron chi connectivity index (χ1n) is 6.39. The van der Waals surface area contributed by atoms with Crippen LogP contribution < -0.4 is 5.32 Å². The van der Waals surface area contributed by atoms with E-state index in [1.807, 2.05) is 0 Å². The minimum atomic E-state index is -0.859. The quantitative estimate of drug-likeness (QED) is 0.512. The summed E-state index contributed by atoms with van der Waals surface area (Å²) >= 11 is 0. The molecule has 0 aliphatic carbocycles. The average molecular weight is 295 g/mol. The molecular weight excluding hydrogens is 274 g/mol. The fourth-order valence-electron chi connectivity index (χ4n) is 1.46. The van der Waals surface area contributed by atoms with Crippen molar-refractivity contribution in [3.63, 3.8) is 0 Å². The van der Waals surface area contributed by atoms with Crippen LogP contribution in [0, 0.1) is 0 Å². The maximum Gasteiger partial charge on any atom is 0.328 e. The molecular formula is C15H21NO5. The van der Waals surface area contributed by atoms with Gasteiger partial charge in [0, 0.05) is 13.3 Å². The van der Waals surface area contributed by atoms with Gasteiger partial charge in [0.2, 0.25) is 5.91 Å². The van der Waals surface area contributed by atoms with Crippen molar-refractivity contribution in [2.24, 2.45) is 0 Å². The predicted molar refractivity (Wildman–Crippen MR) is 78.3 cm³/mol. The molecule has 6 nitrogen and oxygen atoms in total. The molecule has 0 unspecified atom stereocenters. The normalized spacial score (nSPS) is 12.0. The van der Waals surface area contributed by atoms with Gasteiger partial charge >= 0.3 is 11.9 Å². The molecule has 0 aliphatic heterocycles. The van der Waals surface area contributed by atoms with Crippen molar-refractivity contribution in [3.05, 3.63) is 37.0 Å². The Morgan fingerprint density at radius 2 is 1.95 bits per heavy atom. The van der Waals surface area contributed by atoms with Crippen LogP contribution in [0.1, 0.15) is 19.8 Å². The minimum absolute atomic E-state index is 0.0153. The highest BCUT2D eigenvalue weighted by molar-refractivity contribution is 5.83. The predicted octanol–water partition coefficient (Wildman–Crippen LogP) is 1.29. The number of hydrogen-bond donors (Lipinski definition) is 1. The van der Waals surface area contributed by atoms with E-state index in [0.717, 1.165) is 0 Å². The van der Waals surface area contributed by atoms with E-state index < -0.39 is 18.0 Å². The summed E-state index contributed by atoms with van der Waals surface area (Å²) in [5.74, 6) is -1.45. The first kappa shape index (κ1) is 18.6. The molecule has 0 spiro atoms. The summed E-state index contributed by atoms with van der Waals surface area (Å²) < 4.78 is 9.58. The average Bonchev–Trinajstić information content (AvgIpc) is 2.46. The Labute approximate surface area is 124 Å². The fraction of sp³-hybridized carbons (Fsp3) is 0.400. The standard InChI is InChI=1S/C15H21NO5/c1-5-7-12(6-2)10-21-14(18)9-8-13(15(19)20-4)16-11(3)17/h5-7,13H,1-2,8-10H2,3-4H3,(H,16,17)/b12-7+/t13-/m1/s1. The molecule has 6 heteroatoms. The zero-order chi connectivity index (χ0) is 16.3. The number of ether oxygens (including phenoxy) is 2. The molecule has 1 amide bonds. The Kier molecular flexibility index (Phi) is 9.25. The highest BCUT2D eigenvalue weighted by atomic mass is 16.5. The van der Waals surface area contributed by atoms with Gasteiger partial charge in [-0.05, 0) is 12.0 Å². The molecule has 0 heterocycles. The van der Waals surface area contributed by atoms with Crippen LogP contribution in [0.15, 0.2) is 37.0 Å². The topological polar surface area (TPSA) is 81.7 Å². The van der Waals surface area contributed by atoms with Crippen LogP contribution in [0.25, 0.3) is 0 Å². The van der Waals surface area contributed by atoms with E-state index in [1.165, 1.54) is 14.0 Å². The van der Waals surface area contributed by atoms with Crippen LogP contribution in [0.5, 0.6) is 0 Å². The van der Waals surface area contributed by atoms with Crippen LogP contribution in [0.3, 0.4) is 0 Å². The number of allylic oxidation sites excluding steroid dienone is 2. The highest BCUT2D eigenvalue weighted by Gasteiger charge is 2.21. The van der Waals surface area contributed by atoms with Crippen LogP contribution in [-0.4, -0.2) is 37.6 Å². The van der Waals surface area contributed by atoms with Gasteiger partial charge < -0.3 is 14.8 Å². The lowest BCUT2D eigenvalue weighted by Gasteiger charge is -2.14. The van der Waals surface area contributed by atoms with Gasteiger partial charge in [-0.25, -0.2) is 4.79 Å². The van der Waals surface area contributed by atoms with Gasteiger partial charge in [0.15, 0.2) is 0 Å². The molecule has 0 rings (SSSR count). The third-order valence-electron chi connectivity index (χ3n) is 2.49. The van der Waals surface area contributed by atoms with Crippen LogP contribution >= 0.6 is 0 Å². The molecule has 0 aromatic rings. The molecule has 0 bridgehead atoms. The van der Waals surface area contributed by atoms with Gasteiger partial charge in [0.1, 0.15) is 12.6 Å². The molecule has 1 N–H and O–H groups in total. The number of carbonyl (C=O) groups excluding carboxylic acids is 3. The number of hydrogen-bond acceptors (Lipinski definition) is 5. The van der Waals surface area contributed by atoms with Crippen molar-refractivity contribution in [2.75, 3.05) is 13.7 Å². The smallest absolute Gasteiger partial charge is 0.328 e. The summed E-state index contributed by atoms with van der Waals surface area (Å²) in [5.41, 5.74) is 0.713. The van der Waals surface area contributed by atoms with Crippen molar-refractivity contribution in [3.8, 4) is 0 Å². The molecule has 0 aromatic heterocycles. The van der Waals surface area contributed by atoms with E-state index in [2.05, 4.69) is 23.2 Å². The molecule has 0 aromatic carbocycles. The van der Waals surface area contributed by atoms with Crippen molar-refractivity contribution in [1.29, 1.82) is 0 Å². The summed E-state index contributed by atoms with van der Waals surface area (Å²) in [7, 11) is 1.21. The third kappa shape index (κ3) is 8.41. The molecule has 0 radical (unpaired) electrons. The van der Waals surface area contributed by atoms with Gasteiger partial charge in [-0.3, -0.25) is 9.59 Å². The van der Waals surface area contributed by atoms with E-state index in [0.29, 0.717) is 5.57 Å². The number of rotatable bonds is 9. The second-order valence-electron chi connectivity index (χ2n) is 4.16. The summed E-state index contributed by atoms with van der Waals surface area (Å²) in [5, 5.41) is 2.42. The first-order valence-corrected chi connectivity index (χ1v) is 6.39. The van der Waals surface area contributed by atoms with Gasteiger partial charge in [0.05, 0.1) is 7.11 Å². The third-order valence-corrected chi connectivity index (χ3v) is 2.49. The van der Waals surface area contributed by atoms with Crippen LogP contribution in [-0.2, 0) is 23.9 Å². The summed E-state index contributed by atoms with van der Waals surface area (Å²) in [6.45, 7) is 8.48. The lowest BCUT2D eigenvalue weighted by Crippen LogP contribution is -2.40. The molecule has 1 atom stereocenters. The second kappa shape index (κ2) is 10.4. The Hall–Kier alpha value is -2.37. The van der Waals surface area contributed by atoms with E-state index in [4.69, 9.17) is 4.74 Å². The maximum atomic E-state index is 11.6. The summed E-state index contributed by atoms with van der Waals surface area (Å²) in [6.07, 6.45) is 4.89. The zero-order valence-electron chi connectivity index (χ0n) is 12.4. The monoisotopic (exact) mass is 295 g/mol. The van der Waals surface area contributed by atoms with Crippen LogP contribution in [0.2, 0.25) is 0 Å². The number of methoxy groups -OCH3 is 1.